The summed E-state index contributed by atoms with van der Waals surface area (Å²) in [6.07, 6.45) is 0.991. The smallest absolute Gasteiger partial charge is 0.404 e. The van der Waals surface area contributed by atoms with E-state index in [1.165, 1.54) is 12.1 Å². The van der Waals surface area contributed by atoms with Crippen molar-refractivity contribution in [2.24, 2.45) is 10.9 Å². The Hall–Kier alpha value is -1.61. The number of carbonyl (C=O) groups is 1. The first-order chi connectivity index (χ1) is 9.38. The number of halogens is 1. The maximum atomic E-state index is 10.6. The van der Waals surface area contributed by atoms with Gasteiger partial charge in [0.25, 0.3) is 0 Å². The molecule has 0 aliphatic carbocycles. The first kappa shape index (κ1) is 21.7. The van der Waals surface area contributed by atoms with E-state index in [1.54, 1.807) is 24.3 Å². The van der Waals surface area contributed by atoms with Crippen molar-refractivity contribution in [1.82, 2.24) is 5.32 Å². The van der Waals surface area contributed by atoms with Crippen molar-refractivity contribution in [2.45, 2.75) is 4.90 Å². The molecule has 0 aliphatic rings. The first-order valence-corrected chi connectivity index (χ1v) is 7.24. The summed E-state index contributed by atoms with van der Waals surface area (Å²) < 4.78 is 25.7. The third-order valence-electron chi connectivity index (χ3n) is 1.88. The van der Waals surface area contributed by atoms with Gasteiger partial charge in [-0.05, 0) is 12.1 Å². The van der Waals surface area contributed by atoms with Crippen LogP contribution in [0.1, 0.15) is 0 Å². The second kappa shape index (κ2) is 12.2. The number of primary amides is 1. The molecule has 0 saturated heterocycles. The summed E-state index contributed by atoms with van der Waals surface area (Å²) in [5.41, 5.74) is 4.70. The zero-order valence-electron chi connectivity index (χ0n) is 11.4. The summed E-state index contributed by atoms with van der Waals surface area (Å²) in [5, 5.41) is 7.77. The lowest BCUT2D eigenvalue weighted by atomic mass is 10.4. The van der Waals surface area contributed by atoms with Gasteiger partial charge in [0.2, 0.25) is 10.0 Å². The number of amides is 1. The molecular weight excluding hydrogens is 318 g/mol. The predicted octanol–water partition coefficient (Wildman–Crippen LogP) is 0.613. The predicted molar refractivity (Wildman–Crippen MR) is 83.7 cm³/mol. The lowest BCUT2D eigenvalue weighted by molar-refractivity contribution is 0.157. The number of hydrogen-bond acceptors (Lipinski definition) is 5. The van der Waals surface area contributed by atoms with E-state index in [1.807, 2.05) is 0 Å². The van der Waals surface area contributed by atoms with Crippen LogP contribution in [0.3, 0.4) is 0 Å². The fraction of sp³-hybridized carbons (Fsp3) is 0.250. The van der Waals surface area contributed by atoms with Gasteiger partial charge in [-0.2, -0.15) is 0 Å². The van der Waals surface area contributed by atoms with Crippen LogP contribution in [0.5, 0.6) is 0 Å². The molecule has 0 unspecified atom stereocenters. The summed E-state index contributed by atoms with van der Waals surface area (Å²) in [7, 11) is -3.50. The molecule has 9 heteroatoms. The molecule has 0 aliphatic heterocycles. The molecule has 0 heterocycles. The number of nitrogens with two attached hydrogens (primary N) is 2. The Morgan fingerprint density at radius 1 is 1.33 bits per heavy atom. The molecular formula is C12H20ClN3O4S. The maximum Gasteiger partial charge on any atom is 0.404 e. The van der Waals surface area contributed by atoms with Crippen molar-refractivity contribution in [2.75, 3.05) is 19.7 Å². The van der Waals surface area contributed by atoms with Crippen LogP contribution >= 0.6 is 12.4 Å². The van der Waals surface area contributed by atoms with E-state index in [9.17, 15) is 13.2 Å². The van der Waals surface area contributed by atoms with Crippen LogP contribution in [0.4, 0.5) is 4.79 Å². The van der Waals surface area contributed by atoms with Gasteiger partial charge < -0.3 is 15.8 Å². The highest BCUT2D eigenvalue weighted by molar-refractivity contribution is 7.89. The quantitative estimate of drug-likeness (QED) is 0.518. The molecule has 120 valence electrons. The number of rotatable bonds is 6. The SMILES string of the molecule is C=CCNCCOC(N)=O.Cl.NS(=O)(=O)c1ccccc1. The van der Waals surface area contributed by atoms with Crippen LogP contribution in [0.25, 0.3) is 0 Å². The van der Waals surface area contributed by atoms with E-state index in [2.05, 4.69) is 16.6 Å². The normalized spacial score (nSPS) is 9.57. The highest BCUT2D eigenvalue weighted by atomic mass is 35.5. The van der Waals surface area contributed by atoms with E-state index >= 15 is 0 Å². The van der Waals surface area contributed by atoms with Gasteiger partial charge in [0.15, 0.2) is 0 Å². The van der Waals surface area contributed by atoms with Gasteiger partial charge in [0, 0.05) is 13.1 Å². The zero-order chi connectivity index (χ0) is 15.4. The molecule has 1 aromatic carbocycles. The number of primary sulfonamides is 1. The molecule has 0 radical (unpaired) electrons. The van der Waals surface area contributed by atoms with Gasteiger partial charge in [-0.3, -0.25) is 0 Å². The van der Waals surface area contributed by atoms with Gasteiger partial charge in [-0.25, -0.2) is 18.4 Å². The molecule has 0 spiro atoms. The van der Waals surface area contributed by atoms with Crippen molar-refractivity contribution in [3.05, 3.63) is 43.0 Å². The topological polar surface area (TPSA) is 125 Å². The molecule has 0 fully saturated rings. The van der Waals surface area contributed by atoms with Crippen molar-refractivity contribution in [3.63, 3.8) is 0 Å². The van der Waals surface area contributed by atoms with Crippen molar-refractivity contribution < 1.29 is 17.9 Å². The lowest BCUT2D eigenvalue weighted by Crippen LogP contribution is -2.23. The Morgan fingerprint density at radius 2 is 1.90 bits per heavy atom. The minimum absolute atomic E-state index is 0. The third-order valence-corrected chi connectivity index (χ3v) is 2.81. The van der Waals surface area contributed by atoms with E-state index in [-0.39, 0.29) is 17.3 Å². The van der Waals surface area contributed by atoms with E-state index in [0.29, 0.717) is 19.7 Å². The number of benzene rings is 1. The van der Waals surface area contributed by atoms with Gasteiger partial charge in [0.05, 0.1) is 4.90 Å². The Labute approximate surface area is 130 Å². The van der Waals surface area contributed by atoms with E-state index < -0.39 is 16.1 Å². The summed E-state index contributed by atoms with van der Waals surface area (Å²) in [6, 6.07) is 7.89. The minimum Gasteiger partial charge on any atom is -0.448 e. The summed E-state index contributed by atoms with van der Waals surface area (Å²) >= 11 is 0. The molecule has 0 bridgehead atoms. The monoisotopic (exact) mass is 337 g/mol. The Morgan fingerprint density at radius 3 is 2.29 bits per heavy atom. The minimum atomic E-state index is -3.50. The van der Waals surface area contributed by atoms with Crippen LogP contribution < -0.4 is 16.2 Å². The summed E-state index contributed by atoms with van der Waals surface area (Å²) in [6.45, 7) is 5.12. The second-order valence-corrected chi connectivity index (χ2v) is 5.08. The maximum absolute atomic E-state index is 10.6. The fourth-order valence-electron chi connectivity index (χ4n) is 1.04. The molecule has 0 saturated carbocycles. The van der Waals surface area contributed by atoms with Crippen molar-refractivity contribution in [3.8, 4) is 0 Å². The molecule has 0 atom stereocenters. The lowest BCUT2D eigenvalue weighted by Gasteiger charge is -2.00. The van der Waals surface area contributed by atoms with Crippen molar-refractivity contribution in [1.29, 1.82) is 0 Å². The second-order valence-electron chi connectivity index (χ2n) is 3.52. The van der Waals surface area contributed by atoms with Crippen LogP contribution in [0, 0.1) is 0 Å². The summed E-state index contributed by atoms with van der Waals surface area (Å²) in [4.78, 5) is 10.1. The largest absolute Gasteiger partial charge is 0.448 e. The van der Waals surface area contributed by atoms with Crippen LogP contribution in [0.15, 0.2) is 47.9 Å². The molecule has 1 amide bonds. The molecule has 21 heavy (non-hydrogen) atoms. The highest BCUT2D eigenvalue weighted by Gasteiger charge is 2.03. The molecule has 1 aromatic rings. The molecule has 7 nitrogen and oxygen atoms in total. The Bertz CT molecular complexity index is 508. The first-order valence-electron chi connectivity index (χ1n) is 5.69. The van der Waals surface area contributed by atoms with Crippen LogP contribution in [-0.4, -0.2) is 34.2 Å². The zero-order valence-corrected chi connectivity index (χ0v) is 13.0. The number of sulfonamides is 1. The number of ether oxygens (including phenoxy) is 1. The highest BCUT2D eigenvalue weighted by Crippen LogP contribution is 2.02. The van der Waals surface area contributed by atoms with Gasteiger partial charge in [-0.15, -0.1) is 19.0 Å². The molecule has 0 aromatic heterocycles. The molecule has 1 rings (SSSR count). The van der Waals surface area contributed by atoms with Crippen molar-refractivity contribution >= 4 is 28.5 Å². The van der Waals surface area contributed by atoms with Gasteiger partial charge >= 0.3 is 6.09 Å². The number of carbonyl (C=O) groups excluding carboxylic acids is 1. The Balaban J connectivity index is 0. The van der Waals surface area contributed by atoms with Crippen LogP contribution in [0.2, 0.25) is 0 Å². The molecule has 5 N–H and O–H groups in total. The van der Waals surface area contributed by atoms with Gasteiger partial charge in [0.1, 0.15) is 6.61 Å². The fourth-order valence-corrected chi connectivity index (χ4v) is 1.57. The van der Waals surface area contributed by atoms with E-state index in [4.69, 9.17) is 10.9 Å². The third kappa shape index (κ3) is 13.1. The number of nitrogens with one attached hydrogen (secondary N) is 1. The van der Waals surface area contributed by atoms with Gasteiger partial charge in [-0.1, -0.05) is 24.3 Å². The number of hydrogen-bond donors (Lipinski definition) is 3. The van der Waals surface area contributed by atoms with E-state index in [0.717, 1.165) is 0 Å². The summed E-state index contributed by atoms with van der Waals surface area (Å²) in [5.74, 6) is 0. The average molecular weight is 338 g/mol. The van der Waals surface area contributed by atoms with Crippen LogP contribution in [-0.2, 0) is 14.8 Å². The standard InChI is InChI=1S/C6H12N2O2.C6H7NO2S.ClH/c1-2-3-8-4-5-10-6(7)9;7-10(8,9)6-4-2-1-3-5-6;/h2,8H,1,3-5H2,(H2,7,9);1-5H,(H2,7,8,9);1H. The average Bonchev–Trinajstić information content (AvgIpc) is 2.39. The Kier molecular flexibility index (Phi) is 12.6.